The summed E-state index contributed by atoms with van der Waals surface area (Å²) >= 11 is 0. The lowest BCUT2D eigenvalue weighted by atomic mass is 9.94. The first-order valence-electron chi connectivity index (χ1n) is 8.98. The van der Waals surface area contributed by atoms with Gasteiger partial charge >= 0.3 is 6.03 Å². The monoisotopic (exact) mass is 381 g/mol. The highest BCUT2D eigenvalue weighted by Crippen LogP contribution is 2.29. The number of allylic oxidation sites excluding steroid dienone is 1. The average Bonchev–Trinajstić information content (AvgIpc) is 2.69. The number of amides is 3. The van der Waals surface area contributed by atoms with E-state index >= 15 is 0 Å². The molecule has 0 bridgehead atoms. The number of ether oxygens (including phenoxy) is 2. The molecule has 1 aliphatic heterocycles. The Morgan fingerprint density at radius 2 is 1.71 bits per heavy atom. The molecule has 1 heterocycles. The molecule has 0 fully saturated rings. The minimum atomic E-state index is -0.567. The predicted octanol–water partition coefficient (Wildman–Crippen LogP) is 3.36. The van der Waals surface area contributed by atoms with Crippen LogP contribution in [0, 0.1) is 0 Å². The molecule has 1 atom stereocenters. The van der Waals surface area contributed by atoms with Gasteiger partial charge in [-0.25, -0.2) is 4.79 Å². The summed E-state index contributed by atoms with van der Waals surface area (Å²) in [5.74, 6) is 1.14. The van der Waals surface area contributed by atoms with Crippen LogP contribution in [-0.4, -0.2) is 25.7 Å². The fourth-order valence-corrected chi connectivity index (χ4v) is 3.04. The summed E-state index contributed by atoms with van der Waals surface area (Å²) in [6, 6.07) is 13.5. The van der Waals surface area contributed by atoms with Crippen molar-refractivity contribution in [2.75, 3.05) is 19.0 Å². The lowest BCUT2D eigenvalue weighted by molar-refractivity contribution is -0.113. The van der Waals surface area contributed by atoms with Crippen molar-refractivity contribution in [1.29, 1.82) is 0 Å². The zero-order chi connectivity index (χ0) is 20.1. The van der Waals surface area contributed by atoms with E-state index in [9.17, 15) is 9.59 Å². The van der Waals surface area contributed by atoms with Gasteiger partial charge in [-0.05, 0) is 55.8 Å². The van der Waals surface area contributed by atoms with Gasteiger partial charge in [0.2, 0.25) is 0 Å². The highest BCUT2D eigenvalue weighted by molar-refractivity contribution is 6.06. The van der Waals surface area contributed by atoms with E-state index in [1.54, 1.807) is 50.4 Å². The molecule has 0 saturated carbocycles. The predicted molar refractivity (Wildman–Crippen MR) is 106 cm³/mol. The van der Waals surface area contributed by atoms with Crippen molar-refractivity contribution in [1.82, 2.24) is 10.6 Å². The highest BCUT2D eigenvalue weighted by Gasteiger charge is 2.31. The smallest absolute Gasteiger partial charge is 0.319 e. The molecule has 0 aromatic heterocycles. The van der Waals surface area contributed by atoms with E-state index in [2.05, 4.69) is 16.0 Å². The number of hydrogen-bond acceptors (Lipinski definition) is 4. The maximum absolute atomic E-state index is 13.0. The Kier molecular flexibility index (Phi) is 5.84. The molecule has 28 heavy (non-hydrogen) atoms. The normalized spacial score (nSPS) is 16.1. The fourth-order valence-electron chi connectivity index (χ4n) is 3.04. The Labute approximate surface area is 163 Å². The summed E-state index contributed by atoms with van der Waals surface area (Å²) < 4.78 is 10.6. The third-order valence-electron chi connectivity index (χ3n) is 4.39. The Hall–Kier alpha value is -3.48. The van der Waals surface area contributed by atoms with E-state index < -0.39 is 6.04 Å². The fraction of sp³-hybridized carbons (Fsp3) is 0.238. The first-order valence-corrected chi connectivity index (χ1v) is 8.98. The van der Waals surface area contributed by atoms with Crippen LogP contribution >= 0.6 is 0 Å². The minimum absolute atomic E-state index is 0.296. The van der Waals surface area contributed by atoms with Crippen molar-refractivity contribution in [3.05, 3.63) is 65.4 Å². The molecule has 1 aliphatic rings. The Balaban J connectivity index is 1.85. The molecule has 0 saturated heterocycles. The van der Waals surface area contributed by atoms with Gasteiger partial charge in [0.1, 0.15) is 11.5 Å². The van der Waals surface area contributed by atoms with Gasteiger partial charge in [0.05, 0.1) is 25.3 Å². The quantitative estimate of drug-likeness (QED) is 0.716. The van der Waals surface area contributed by atoms with E-state index in [-0.39, 0.29) is 11.9 Å². The van der Waals surface area contributed by atoms with Gasteiger partial charge in [0.15, 0.2) is 0 Å². The number of rotatable bonds is 6. The van der Waals surface area contributed by atoms with Crippen molar-refractivity contribution in [3.63, 3.8) is 0 Å². The molecule has 3 rings (SSSR count). The zero-order valence-electron chi connectivity index (χ0n) is 16.0. The van der Waals surface area contributed by atoms with E-state index in [0.29, 0.717) is 29.3 Å². The molecule has 3 amide bonds. The average molecular weight is 381 g/mol. The van der Waals surface area contributed by atoms with Crippen LogP contribution in [-0.2, 0) is 4.79 Å². The van der Waals surface area contributed by atoms with E-state index in [0.717, 1.165) is 11.3 Å². The third-order valence-corrected chi connectivity index (χ3v) is 4.39. The second-order valence-electron chi connectivity index (χ2n) is 6.25. The molecule has 0 spiro atoms. The topological polar surface area (TPSA) is 88.7 Å². The van der Waals surface area contributed by atoms with Crippen molar-refractivity contribution in [2.24, 2.45) is 0 Å². The van der Waals surface area contributed by atoms with Crippen LogP contribution in [0.5, 0.6) is 11.5 Å². The summed E-state index contributed by atoms with van der Waals surface area (Å²) in [5, 5.41) is 8.36. The standard InChI is InChI=1S/C21H23N3O4/c1-4-28-17-11-7-15(8-12-17)23-20(25)18-13(2)22-21(26)24-19(18)14-5-9-16(27-3)10-6-14/h5-12,19H,4H2,1-3H3,(H,23,25)(H2,22,24,26). The van der Waals surface area contributed by atoms with Gasteiger partial charge in [-0.2, -0.15) is 0 Å². The summed E-state index contributed by atoms with van der Waals surface area (Å²) in [7, 11) is 1.58. The SMILES string of the molecule is CCOc1ccc(NC(=O)C2=C(C)NC(=O)NC2c2ccc(OC)cc2)cc1. The highest BCUT2D eigenvalue weighted by atomic mass is 16.5. The van der Waals surface area contributed by atoms with Gasteiger partial charge in [0, 0.05) is 11.4 Å². The Morgan fingerprint density at radius 3 is 2.32 bits per heavy atom. The first-order chi connectivity index (χ1) is 13.5. The summed E-state index contributed by atoms with van der Waals surface area (Å²) in [5.41, 5.74) is 2.37. The van der Waals surface area contributed by atoms with Gasteiger partial charge in [-0.1, -0.05) is 12.1 Å². The number of carbonyl (C=O) groups excluding carboxylic acids is 2. The summed E-state index contributed by atoms with van der Waals surface area (Å²) in [4.78, 5) is 25.0. The lowest BCUT2D eigenvalue weighted by Crippen LogP contribution is -2.45. The Morgan fingerprint density at radius 1 is 1.07 bits per heavy atom. The van der Waals surface area contributed by atoms with Gasteiger partial charge < -0.3 is 25.4 Å². The van der Waals surface area contributed by atoms with Crippen LogP contribution < -0.4 is 25.4 Å². The largest absolute Gasteiger partial charge is 0.497 e. The van der Waals surface area contributed by atoms with Crippen LogP contribution in [0.2, 0.25) is 0 Å². The number of nitrogens with one attached hydrogen (secondary N) is 3. The lowest BCUT2D eigenvalue weighted by Gasteiger charge is -2.28. The molecule has 146 valence electrons. The first kappa shape index (κ1) is 19.3. The Bertz CT molecular complexity index is 889. The van der Waals surface area contributed by atoms with Crippen LogP contribution in [0.3, 0.4) is 0 Å². The second-order valence-corrected chi connectivity index (χ2v) is 6.25. The van der Waals surface area contributed by atoms with Crippen LogP contribution in [0.25, 0.3) is 0 Å². The zero-order valence-corrected chi connectivity index (χ0v) is 16.0. The van der Waals surface area contributed by atoms with Gasteiger partial charge in [-0.3, -0.25) is 4.79 Å². The molecule has 2 aromatic carbocycles. The molecule has 3 N–H and O–H groups in total. The summed E-state index contributed by atoms with van der Waals surface area (Å²) in [6.45, 7) is 4.20. The van der Waals surface area contributed by atoms with E-state index in [1.807, 2.05) is 19.1 Å². The van der Waals surface area contributed by atoms with Gasteiger partial charge in [0.25, 0.3) is 5.91 Å². The molecule has 7 heteroatoms. The molecule has 1 unspecified atom stereocenters. The molecule has 0 aliphatic carbocycles. The molecule has 7 nitrogen and oxygen atoms in total. The number of benzene rings is 2. The number of carbonyl (C=O) groups is 2. The molecule has 0 radical (unpaired) electrons. The van der Waals surface area contributed by atoms with Crippen molar-refractivity contribution in [2.45, 2.75) is 19.9 Å². The summed E-state index contributed by atoms with van der Waals surface area (Å²) in [6.07, 6.45) is 0. The number of anilines is 1. The second kappa shape index (κ2) is 8.47. The number of methoxy groups -OCH3 is 1. The van der Waals surface area contributed by atoms with Crippen molar-refractivity contribution in [3.8, 4) is 11.5 Å². The van der Waals surface area contributed by atoms with Crippen LogP contribution in [0.4, 0.5) is 10.5 Å². The minimum Gasteiger partial charge on any atom is -0.497 e. The number of hydrogen-bond donors (Lipinski definition) is 3. The maximum Gasteiger partial charge on any atom is 0.319 e. The molecule has 2 aromatic rings. The molecular formula is C21H23N3O4. The van der Waals surface area contributed by atoms with Crippen molar-refractivity contribution >= 4 is 17.6 Å². The van der Waals surface area contributed by atoms with Crippen LogP contribution in [0.15, 0.2) is 59.8 Å². The number of urea groups is 1. The van der Waals surface area contributed by atoms with E-state index in [4.69, 9.17) is 9.47 Å². The van der Waals surface area contributed by atoms with Gasteiger partial charge in [-0.15, -0.1) is 0 Å². The maximum atomic E-state index is 13.0. The van der Waals surface area contributed by atoms with Crippen molar-refractivity contribution < 1.29 is 19.1 Å². The van der Waals surface area contributed by atoms with Crippen LogP contribution in [0.1, 0.15) is 25.5 Å². The van der Waals surface area contributed by atoms with E-state index in [1.165, 1.54) is 0 Å². The third kappa shape index (κ3) is 4.25. The molecular weight excluding hydrogens is 358 g/mol.